The lowest BCUT2D eigenvalue weighted by Crippen LogP contribution is -2.29. The average Bonchev–Trinajstić information content (AvgIpc) is 2.76. The van der Waals surface area contributed by atoms with Crippen LogP contribution in [0.3, 0.4) is 0 Å². The Morgan fingerprint density at radius 1 is 0.839 bits per heavy atom. The van der Waals surface area contributed by atoms with E-state index in [1.54, 1.807) is 42.5 Å². The van der Waals surface area contributed by atoms with Crippen molar-refractivity contribution in [2.75, 3.05) is 0 Å². The molecule has 0 atom stereocenters. The topological polar surface area (TPSA) is 108 Å². The second kappa shape index (κ2) is 7.09. The van der Waals surface area contributed by atoms with Gasteiger partial charge in [0.1, 0.15) is 11.2 Å². The van der Waals surface area contributed by atoms with E-state index in [2.05, 4.69) is 0 Å². The molecule has 0 aliphatic rings. The minimum Gasteiger partial charge on any atom is -0.478 e. The van der Waals surface area contributed by atoms with Crippen molar-refractivity contribution in [3.05, 3.63) is 88.6 Å². The fraction of sp³-hybridized carbons (Fsp3) is 0. The first-order valence-electron chi connectivity index (χ1n) is 9.56. The Morgan fingerprint density at radius 3 is 2.35 bits per heavy atom. The normalized spacial score (nSPS) is 11.3. The first kappa shape index (κ1) is 19.1. The van der Waals surface area contributed by atoms with Gasteiger partial charge < -0.3 is 19.6 Å². The molecule has 0 saturated carbocycles. The lowest BCUT2D eigenvalue weighted by atomic mass is 9.79. The molecule has 0 spiro atoms. The number of aromatic carboxylic acids is 1. The van der Waals surface area contributed by atoms with Gasteiger partial charge in [-0.1, -0.05) is 36.4 Å². The minimum atomic E-state index is -1.68. The Morgan fingerprint density at radius 2 is 1.58 bits per heavy atom. The molecule has 1 aromatic heterocycles. The summed E-state index contributed by atoms with van der Waals surface area (Å²) in [7, 11) is -1.68. The molecule has 1 heterocycles. The summed E-state index contributed by atoms with van der Waals surface area (Å²) in [5.41, 5.74) is 2.26. The van der Waals surface area contributed by atoms with E-state index in [4.69, 9.17) is 4.42 Å². The van der Waals surface area contributed by atoms with E-state index in [0.29, 0.717) is 43.8 Å². The SMILES string of the molecule is O=C(O)c1ccccc1-c1c2ccc(B(O)O)cc2oc2c1ccc1cc(=O)ccc12. The van der Waals surface area contributed by atoms with Gasteiger partial charge in [0, 0.05) is 21.7 Å². The van der Waals surface area contributed by atoms with Crippen molar-refractivity contribution in [3.8, 4) is 11.1 Å². The zero-order valence-corrected chi connectivity index (χ0v) is 16.1. The number of hydrogen-bond acceptors (Lipinski definition) is 5. The van der Waals surface area contributed by atoms with E-state index in [1.165, 1.54) is 24.3 Å². The molecule has 7 heteroatoms. The Bertz CT molecular complexity index is 1570. The summed E-state index contributed by atoms with van der Waals surface area (Å²) in [6.45, 7) is 0. The number of rotatable bonds is 3. The van der Waals surface area contributed by atoms with E-state index < -0.39 is 13.1 Å². The van der Waals surface area contributed by atoms with Crippen LogP contribution < -0.4 is 10.9 Å². The van der Waals surface area contributed by atoms with Gasteiger partial charge in [0.25, 0.3) is 0 Å². The molecule has 0 aliphatic carbocycles. The molecular formula is C24H15BO6. The highest BCUT2D eigenvalue weighted by molar-refractivity contribution is 6.58. The highest BCUT2D eigenvalue weighted by atomic mass is 16.4. The van der Waals surface area contributed by atoms with Crippen LogP contribution in [0.5, 0.6) is 0 Å². The van der Waals surface area contributed by atoms with Crippen LogP contribution in [0.15, 0.2) is 82.0 Å². The molecule has 0 radical (unpaired) electrons. The van der Waals surface area contributed by atoms with Gasteiger partial charge in [-0.05, 0) is 52.8 Å². The molecule has 150 valence electrons. The van der Waals surface area contributed by atoms with Crippen molar-refractivity contribution >= 4 is 51.3 Å². The van der Waals surface area contributed by atoms with Gasteiger partial charge in [-0.2, -0.15) is 0 Å². The molecular weight excluding hydrogens is 395 g/mol. The molecule has 0 aliphatic heterocycles. The number of fused-ring (bicyclic) bond motifs is 4. The highest BCUT2D eigenvalue weighted by Gasteiger charge is 2.20. The van der Waals surface area contributed by atoms with E-state index in [9.17, 15) is 24.7 Å². The summed E-state index contributed by atoms with van der Waals surface area (Å²) in [4.78, 5) is 23.7. The number of carboxylic acids is 1. The summed E-state index contributed by atoms with van der Waals surface area (Å²) >= 11 is 0. The largest absolute Gasteiger partial charge is 0.488 e. The van der Waals surface area contributed by atoms with Gasteiger partial charge in [0.15, 0.2) is 5.43 Å². The van der Waals surface area contributed by atoms with Gasteiger partial charge in [0.05, 0.1) is 5.56 Å². The molecule has 5 rings (SSSR count). The van der Waals surface area contributed by atoms with Gasteiger partial charge in [-0.25, -0.2) is 4.79 Å². The molecule has 0 unspecified atom stereocenters. The second-order valence-corrected chi connectivity index (χ2v) is 7.28. The standard InChI is InChI=1S/C24H15BO6/c26-15-7-10-16-13(11-15)5-8-20-22(17-3-1-2-4-18(17)24(27)28)19-9-6-14(25(29)30)12-21(19)31-23(16)20/h1-12,29-30H,(H,27,28). The Balaban J connectivity index is 2.01. The minimum absolute atomic E-state index is 0.130. The van der Waals surface area contributed by atoms with Crippen LogP contribution in [-0.2, 0) is 0 Å². The second-order valence-electron chi connectivity index (χ2n) is 7.28. The van der Waals surface area contributed by atoms with Crippen molar-refractivity contribution in [2.45, 2.75) is 0 Å². The average molecular weight is 410 g/mol. The first-order valence-corrected chi connectivity index (χ1v) is 9.56. The molecule has 0 bridgehead atoms. The number of hydrogen-bond donors (Lipinski definition) is 3. The molecule has 0 fully saturated rings. The number of carboxylic acid groups (broad SMARTS) is 1. The van der Waals surface area contributed by atoms with E-state index >= 15 is 0 Å². The van der Waals surface area contributed by atoms with Crippen molar-refractivity contribution in [1.82, 2.24) is 0 Å². The Kier molecular flexibility index (Phi) is 4.36. The fourth-order valence-electron chi connectivity index (χ4n) is 4.01. The lowest BCUT2D eigenvalue weighted by Gasteiger charge is -2.15. The molecule has 0 amide bonds. The van der Waals surface area contributed by atoms with Crippen molar-refractivity contribution < 1.29 is 24.4 Å². The highest BCUT2D eigenvalue weighted by Crippen LogP contribution is 2.40. The number of carbonyl (C=O) groups is 1. The molecule has 4 aromatic carbocycles. The quantitative estimate of drug-likeness (QED) is 0.240. The lowest BCUT2D eigenvalue weighted by molar-refractivity contribution is 0.0697. The maximum atomic E-state index is 11.9. The summed E-state index contributed by atoms with van der Waals surface area (Å²) < 4.78 is 6.18. The van der Waals surface area contributed by atoms with Crippen LogP contribution >= 0.6 is 0 Å². The summed E-state index contributed by atoms with van der Waals surface area (Å²) in [6, 6.07) is 19.7. The fourth-order valence-corrected chi connectivity index (χ4v) is 4.01. The summed E-state index contributed by atoms with van der Waals surface area (Å²) in [5, 5.41) is 31.7. The Labute approximate surface area is 175 Å². The number of benzene rings is 4. The third-order valence-corrected chi connectivity index (χ3v) is 5.42. The van der Waals surface area contributed by atoms with Crippen LogP contribution in [0.4, 0.5) is 0 Å². The van der Waals surface area contributed by atoms with Crippen molar-refractivity contribution in [3.63, 3.8) is 0 Å². The van der Waals surface area contributed by atoms with E-state index in [0.717, 1.165) is 0 Å². The Hall–Kier alpha value is -3.94. The predicted octanol–water partition coefficient (Wildman–Crippen LogP) is 3.14. The molecule has 3 N–H and O–H groups in total. The van der Waals surface area contributed by atoms with Gasteiger partial charge in [0.2, 0.25) is 0 Å². The maximum absolute atomic E-state index is 11.9. The van der Waals surface area contributed by atoms with Crippen molar-refractivity contribution in [2.24, 2.45) is 0 Å². The molecule has 5 aromatic rings. The van der Waals surface area contributed by atoms with E-state index in [-0.39, 0.29) is 16.5 Å². The molecule has 6 nitrogen and oxygen atoms in total. The van der Waals surface area contributed by atoms with Gasteiger partial charge >= 0.3 is 13.1 Å². The predicted molar refractivity (Wildman–Crippen MR) is 120 cm³/mol. The van der Waals surface area contributed by atoms with Crippen LogP contribution in [0, 0.1) is 0 Å². The van der Waals surface area contributed by atoms with Crippen LogP contribution in [0.2, 0.25) is 0 Å². The summed E-state index contributed by atoms with van der Waals surface area (Å²) in [5.74, 6) is -1.06. The molecule has 0 saturated heterocycles. The van der Waals surface area contributed by atoms with Crippen LogP contribution in [-0.4, -0.2) is 28.2 Å². The first-order chi connectivity index (χ1) is 14.9. The van der Waals surface area contributed by atoms with Crippen molar-refractivity contribution in [1.29, 1.82) is 0 Å². The summed E-state index contributed by atoms with van der Waals surface area (Å²) in [6.07, 6.45) is 0. The smallest absolute Gasteiger partial charge is 0.478 e. The van der Waals surface area contributed by atoms with Crippen LogP contribution in [0.25, 0.3) is 43.8 Å². The zero-order chi connectivity index (χ0) is 21.7. The third kappa shape index (κ3) is 3.07. The van der Waals surface area contributed by atoms with E-state index in [1.807, 2.05) is 6.07 Å². The maximum Gasteiger partial charge on any atom is 0.488 e. The van der Waals surface area contributed by atoms with Gasteiger partial charge in [-0.15, -0.1) is 0 Å². The van der Waals surface area contributed by atoms with Crippen LogP contribution in [0.1, 0.15) is 10.4 Å². The monoisotopic (exact) mass is 410 g/mol. The zero-order valence-electron chi connectivity index (χ0n) is 16.1. The van der Waals surface area contributed by atoms with Gasteiger partial charge in [-0.3, -0.25) is 4.79 Å². The third-order valence-electron chi connectivity index (χ3n) is 5.42. The molecule has 31 heavy (non-hydrogen) atoms.